The van der Waals surface area contributed by atoms with E-state index in [-0.39, 0.29) is 0 Å². The standard InChI is InChI=1S/C64H42N2/c1-66-59-38-13-10-24-45(59)51-33-17-32-50(63(51)66)43-27-15-29-47-55(43)39-54-42(48-30-16-31-49-44-23-9-12-37-58(44)65-62(48)49)26-14-28-46(54)60(47)53-34-18-36-57-61(53)52-25-8-11-35-56(52)64(57,40-19-4-2-5-20-40)41-21-6-3-7-22-41/h2-39,65H,1H3. The molecule has 2 heteroatoms. The highest BCUT2D eigenvalue weighted by Crippen LogP contribution is 2.59. The second-order valence-corrected chi connectivity index (χ2v) is 18.0. The van der Waals surface area contributed by atoms with Gasteiger partial charge < -0.3 is 9.55 Å². The normalized spacial score (nSPS) is 13.0. The monoisotopic (exact) mass is 838 g/mol. The van der Waals surface area contributed by atoms with Gasteiger partial charge in [-0.1, -0.05) is 212 Å². The molecule has 0 spiro atoms. The fraction of sp³-hybridized carbons (Fsp3) is 0.0312. The van der Waals surface area contributed by atoms with Crippen molar-refractivity contribution in [1.82, 2.24) is 9.55 Å². The van der Waals surface area contributed by atoms with Gasteiger partial charge in [-0.15, -0.1) is 0 Å². The molecule has 2 heterocycles. The van der Waals surface area contributed by atoms with E-state index in [1.165, 1.54) is 121 Å². The van der Waals surface area contributed by atoms with Gasteiger partial charge in [0.1, 0.15) is 0 Å². The van der Waals surface area contributed by atoms with Gasteiger partial charge in [0.25, 0.3) is 0 Å². The summed E-state index contributed by atoms with van der Waals surface area (Å²) in [7, 11) is 2.22. The molecule has 0 fully saturated rings. The Bertz CT molecular complexity index is 4070. The van der Waals surface area contributed by atoms with Crippen molar-refractivity contribution in [3.63, 3.8) is 0 Å². The quantitative estimate of drug-likeness (QED) is 0.167. The lowest BCUT2D eigenvalue weighted by Crippen LogP contribution is -2.28. The van der Waals surface area contributed by atoms with Crippen LogP contribution in [0.25, 0.3) is 110 Å². The molecule has 0 amide bonds. The molecule has 0 atom stereocenters. The van der Waals surface area contributed by atoms with E-state index in [0.29, 0.717) is 0 Å². The molecule has 2 aromatic heterocycles. The molecule has 0 aliphatic heterocycles. The lowest BCUT2D eigenvalue weighted by molar-refractivity contribution is 0.768. The Morgan fingerprint density at radius 1 is 0.333 bits per heavy atom. The first-order chi connectivity index (χ1) is 32.7. The number of nitrogens with one attached hydrogen (secondary N) is 1. The van der Waals surface area contributed by atoms with Crippen LogP contribution in [0.3, 0.4) is 0 Å². The molecule has 0 bridgehead atoms. The average Bonchev–Trinajstić information content (AvgIpc) is 4.02. The maximum atomic E-state index is 3.85. The molecule has 11 aromatic carbocycles. The van der Waals surface area contributed by atoms with Crippen molar-refractivity contribution in [3.05, 3.63) is 253 Å². The van der Waals surface area contributed by atoms with Crippen LogP contribution < -0.4 is 0 Å². The fourth-order valence-electron chi connectivity index (χ4n) is 12.2. The summed E-state index contributed by atoms with van der Waals surface area (Å²) < 4.78 is 2.39. The minimum absolute atomic E-state index is 0.517. The zero-order valence-electron chi connectivity index (χ0n) is 36.4. The molecule has 66 heavy (non-hydrogen) atoms. The van der Waals surface area contributed by atoms with Crippen LogP contribution in [0.15, 0.2) is 231 Å². The van der Waals surface area contributed by atoms with Gasteiger partial charge in [-0.3, -0.25) is 0 Å². The van der Waals surface area contributed by atoms with Crippen molar-refractivity contribution in [2.45, 2.75) is 5.41 Å². The molecule has 2 nitrogen and oxygen atoms in total. The van der Waals surface area contributed by atoms with Crippen LogP contribution in [0, 0.1) is 0 Å². The topological polar surface area (TPSA) is 20.7 Å². The second kappa shape index (κ2) is 14.0. The van der Waals surface area contributed by atoms with E-state index in [4.69, 9.17) is 0 Å². The first kappa shape index (κ1) is 37.0. The van der Waals surface area contributed by atoms with Crippen LogP contribution in [-0.4, -0.2) is 9.55 Å². The van der Waals surface area contributed by atoms with Gasteiger partial charge in [-0.25, -0.2) is 0 Å². The molecule has 0 saturated carbocycles. The van der Waals surface area contributed by atoms with Gasteiger partial charge in [0, 0.05) is 50.8 Å². The summed E-state index contributed by atoms with van der Waals surface area (Å²) in [6, 6.07) is 86.0. The Hall–Kier alpha value is -8.46. The van der Waals surface area contributed by atoms with Gasteiger partial charge in [-0.2, -0.15) is 0 Å². The van der Waals surface area contributed by atoms with Crippen LogP contribution in [0.2, 0.25) is 0 Å². The molecule has 0 unspecified atom stereocenters. The zero-order chi connectivity index (χ0) is 43.5. The van der Waals surface area contributed by atoms with Gasteiger partial charge in [-0.05, 0) is 95.4 Å². The zero-order valence-corrected chi connectivity index (χ0v) is 36.4. The minimum Gasteiger partial charge on any atom is -0.354 e. The highest BCUT2D eigenvalue weighted by molar-refractivity contribution is 6.24. The number of H-pyrrole nitrogens is 1. The van der Waals surface area contributed by atoms with E-state index < -0.39 is 5.41 Å². The van der Waals surface area contributed by atoms with Crippen molar-refractivity contribution < 1.29 is 0 Å². The lowest BCUT2D eigenvalue weighted by Gasteiger charge is -2.34. The maximum absolute atomic E-state index is 3.85. The number of fused-ring (bicyclic) bond motifs is 11. The first-order valence-corrected chi connectivity index (χ1v) is 23.0. The predicted molar refractivity (Wildman–Crippen MR) is 278 cm³/mol. The number of aryl methyl sites for hydroxylation is 1. The van der Waals surface area contributed by atoms with Crippen LogP contribution in [0.1, 0.15) is 22.3 Å². The van der Waals surface area contributed by atoms with E-state index in [2.05, 4.69) is 247 Å². The Morgan fingerprint density at radius 3 is 1.58 bits per heavy atom. The van der Waals surface area contributed by atoms with Gasteiger partial charge in [0.2, 0.25) is 0 Å². The second-order valence-electron chi connectivity index (χ2n) is 18.0. The smallest absolute Gasteiger partial charge is 0.0713 e. The number of aromatic amines is 1. The SMILES string of the molecule is Cn1c2ccccc2c2cccc(-c3cccc4c(-c5cccc6c5-c5ccccc5C6(c5ccccc5)c5ccccc5)c5cccc(-c6cccc7c6[nH]c6ccccc67)c5cc34)c21. The Balaban J connectivity index is 1.15. The summed E-state index contributed by atoms with van der Waals surface area (Å²) in [6.45, 7) is 0. The minimum atomic E-state index is -0.517. The van der Waals surface area contributed by atoms with E-state index in [0.717, 1.165) is 11.0 Å². The van der Waals surface area contributed by atoms with Crippen molar-refractivity contribution in [1.29, 1.82) is 0 Å². The first-order valence-electron chi connectivity index (χ1n) is 23.0. The number of nitrogens with zero attached hydrogens (tertiary/aromatic N) is 1. The Labute approximate surface area is 382 Å². The van der Waals surface area contributed by atoms with Crippen molar-refractivity contribution in [2.75, 3.05) is 0 Å². The Morgan fingerprint density at radius 2 is 0.833 bits per heavy atom. The van der Waals surface area contributed by atoms with E-state index >= 15 is 0 Å². The van der Waals surface area contributed by atoms with Gasteiger partial charge >= 0.3 is 0 Å². The molecule has 1 aliphatic carbocycles. The molecular formula is C64H42N2. The maximum Gasteiger partial charge on any atom is 0.0713 e. The molecule has 0 radical (unpaired) electrons. The summed E-state index contributed by atoms with van der Waals surface area (Å²) in [5.41, 5.74) is 19.3. The summed E-state index contributed by atoms with van der Waals surface area (Å²) in [4.78, 5) is 3.85. The molecular weight excluding hydrogens is 797 g/mol. The summed E-state index contributed by atoms with van der Waals surface area (Å²) >= 11 is 0. The summed E-state index contributed by atoms with van der Waals surface area (Å²) in [5, 5.41) is 9.95. The third-order valence-corrected chi connectivity index (χ3v) is 14.8. The number of rotatable bonds is 5. The highest BCUT2D eigenvalue weighted by Gasteiger charge is 2.47. The Kier molecular flexibility index (Phi) is 7.85. The molecule has 1 N–H and O–H groups in total. The van der Waals surface area contributed by atoms with Crippen molar-refractivity contribution in [2.24, 2.45) is 7.05 Å². The van der Waals surface area contributed by atoms with Crippen molar-refractivity contribution >= 4 is 65.2 Å². The average molecular weight is 839 g/mol. The number of hydrogen-bond acceptors (Lipinski definition) is 0. The third kappa shape index (κ3) is 4.96. The molecule has 14 rings (SSSR count). The molecule has 13 aromatic rings. The van der Waals surface area contributed by atoms with Crippen molar-refractivity contribution in [3.8, 4) is 44.5 Å². The number of hydrogen-bond donors (Lipinski definition) is 1. The summed E-state index contributed by atoms with van der Waals surface area (Å²) in [5.74, 6) is 0. The number of aromatic nitrogens is 2. The van der Waals surface area contributed by atoms with Gasteiger partial charge in [0.15, 0.2) is 0 Å². The van der Waals surface area contributed by atoms with E-state index in [1.54, 1.807) is 0 Å². The number of benzene rings is 11. The van der Waals surface area contributed by atoms with Gasteiger partial charge in [0.05, 0.1) is 16.4 Å². The van der Waals surface area contributed by atoms with Crippen LogP contribution in [-0.2, 0) is 12.5 Å². The fourth-order valence-corrected chi connectivity index (χ4v) is 12.2. The molecule has 1 aliphatic rings. The highest BCUT2D eigenvalue weighted by atomic mass is 14.9. The van der Waals surface area contributed by atoms with Crippen LogP contribution >= 0.6 is 0 Å². The number of para-hydroxylation sites is 4. The largest absolute Gasteiger partial charge is 0.354 e. The molecule has 0 saturated heterocycles. The van der Waals surface area contributed by atoms with Crippen LogP contribution in [0.4, 0.5) is 0 Å². The van der Waals surface area contributed by atoms with E-state index in [9.17, 15) is 0 Å². The van der Waals surface area contributed by atoms with E-state index in [1.807, 2.05) is 0 Å². The van der Waals surface area contributed by atoms with Crippen LogP contribution in [0.5, 0.6) is 0 Å². The third-order valence-electron chi connectivity index (χ3n) is 14.8. The molecule has 308 valence electrons. The summed E-state index contributed by atoms with van der Waals surface area (Å²) in [6.07, 6.45) is 0. The lowest BCUT2D eigenvalue weighted by atomic mass is 9.67. The predicted octanol–water partition coefficient (Wildman–Crippen LogP) is 16.6.